The largest absolute Gasteiger partial charge is 0.460 e. The molecule has 3 nitrogen and oxygen atoms in total. The van der Waals surface area contributed by atoms with Gasteiger partial charge in [-0.05, 0) is 44.5 Å². The van der Waals surface area contributed by atoms with Gasteiger partial charge in [-0.15, -0.1) is 6.42 Å². The van der Waals surface area contributed by atoms with Crippen LogP contribution in [0.3, 0.4) is 0 Å². The fraction of sp³-hybridized carbons (Fsp3) is 0.357. The first kappa shape index (κ1) is 13.1. The lowest BCUT2D eigenvalue weighted by molar-refractivity contribution is -0.153. The van der Waals surface area contributed by atoms with Gasteiger partial charge < -0.3 is 10.5 Å². The van der Waals surface area contributed by atoms with Crippen LogP contribution >= 0.6 is 0 Å². The number of benzene rings is 1. The van der Waals surface area contributed by atoms with E-state index in [1.54, 1.807) is 18.2 Å². The highest BCUT2D eigenvalue weighted by Crippen LogP contribution is 2.14. The molecule has 0 bridgehead atoms. The van der Waals surface area contributed by atoms with E-state index in [1.807, 2.05) is 20.8 Å². The Hall–Kier alpha value is -1.95. The number of hydrogen-bond donors (Lipinski definition) is 1. The van der Waals surface area contributed by atoms with Crippen molar-refractivity contribution < 1.29 is 9.53 Å². The van der Waals surface area contributed by atoms with E-state index in [1.165, 1.54) is 0 Å². The number of carbonyl (C=O) groups excluding carboxylic acids is 1. The number of anilines is 1. The van der Waals surface area contributed by atoms with Gasteiger partial charge in [0, 0.05) is 11.3 Å². The van der Waals surface area contributed by atoms with Crippen molar-refractivity contribution in [2.24, 2.45) is 0 Å². The highest BCUT2D eigenvalue weighted by Gasteiger charge is 2.16. The summed E-state index contributed by atoms with van der Waals surface area (Å²) in [6, 6.07) is 5.18. The molecule has 0 aromatic heterocycles. The van der Waals surface area contributed by atoms with E-state index in [2.05, 4.69) is 5.92 Å². The standard InChI is InChI=1S/C14H17NO2/c1-5-10-6-11(8-12(15)7-10)9-13(16)17-14(2,3)4/h1,6-8H,9,15H2,2-4H3. The van der Waals surface area contributed by atoms with Crippen molar-refractivity contribution >= 4 is 11.7 Å². The summed E-state index contributed by atoms with van der Waals surface area (Å²) in [5.74, 6) is 2.21. The zero-order valence-corrected chi connectivity index (χ0v) is 10.4. The highest BCUT2D eigenvalue weighted by atomic mass is 16.6. The molecule has 0 radical (unpaired) electrons. The molecule has 0 aliphatic heterocycles. The number of carbonyl (C=O) groups is 1. The average Bonchev–Trinajstić information content (AvgIpc) is 2.13. The molecule has 0 saturated carbocycles. The maximum atomic E-state index is 11.6. The van der Waals surface area contributed by atoms with Crippen LogP contribution in [0.4, 0.5) is 5.69 Å². The Balaban J connectivity index is 2.79. The van der Waals surface area contributed by atoms with Gasteiger partial charge in [0.1, 0.15) is 5.60 Å². The van der Waals surface area contributed by atoms with Crippen LogP contribution < -0.4 is 5.73 Å². The van der Waals surface area contributed by atoms with Crippen LogP contribution in [0.2, 0.25) is 0 Å². The van der Waals surface area contributed by atoms with E-state index >= 15 is 0 Å². The Kier molecular flexibility index (Phi) is 3.80. The zero-order valence-electron chi connectivity index (χ0n) is 10.4. The van der Waals surface area contributed by atoms with E-state index in [0.717, 1.165) is 5.56 Å². The van der Waals surface area contributed by atoms with Crippen LogP contribution in [0.25, 0.3) is 0 Å². The maximum Gasteiger partial charge on any atom is 0.310 e. The summed E-state index contributed by atoms with van der Waals surface area (Å²) in [5.41, 5.74) is 7.21. The molecular formula is C14H17NO2. The molecule has 90 valence electrons. The third-order valence-electron chi connectivity index (χ3n) is 1.95. The fourth-order valence-electron chi connectivity index (χ4n) is 1.45. The Bertz CT molecular complexity index is 464. The van der Waals surface area contributed by atoms with Crippen LogP contribution in [0.15, 0.2) is 18.2 Å². The van der Waals surface area contributed by atoms with Crippen molar-refractivity contribution in [2.75, 3.05) is 5.73 Å². The molecule has 2 N–H and O–H groups in total. The summed E-state index contributed by atoms with van der Waals surface area (Å²) in [4.78, 5) is 11.6. The highest BCUT2D eigenvalue weighted by molar-refractivity contribution is 5.73. The predicted molar refractivity (Wildman–Crippen MR) is 68.3 cm³/mol. The van der Waals surface area contributed by atoms with Gasteiger partial charge in [0.25, 0.3) is 0 Å². The third-order valence-corrected chi connectivity index (χ3v) is 1.95. The lowest BCUT2D eigenvalue weighted by atomic mass is 10.1. The molecule has 0 saturated heterocycles. The minimum atomic E-state index is -0.480. The van der Waals surface area contributed by atoms with E-state index in [9.17, 15) is 4.79 Å². The lowest BCUT2D eigenvalue weighted by Crippen LogP contribution is -2.24. The molecule has 0 amide bonds. The van der Waals surface area contributed by atoms with Gasteiger partial charge in [0.05, 0.1) is 6.42 Å². The number of esters is 1. The van der Waals surface area contributed by atoms with Crippen molar-refractivity contribution in [2.45, 2.75) is 32.8 Å². The first-order chi connectivity index (χ1) is 7.80. The Labute approximate surface area is 102 Å². The Morgan fingerprint density at radius 3 is 2.59 bits per heavy atom. The monoisotopic (exact) mass is 231 g/mol. The molecule has 0 fully saturated rings. The van der Waals surface area contributed by atoms with E-state index in [0.29, 0.717) is 11.3 Å². The number of rotatable bonds is 2. The van der Waals surface area contributed by atoms with Crippen LogP contribution in [0.1, 0.15) is 31.9 Å². The molecule has 1 aromatic carbocycles. The van der Waals surface area contributed by atoms with Gasteiger partial charge in [0.2, 0.25) is 0 Å². The quantitative estimate of drug-likeness (QED) is 0.482. The summed E-state index contributed by atoms with van der Waals surface area (Å²) in [5, 5.41) is 0. The third kappa shape index (κ3) is 4.60. The van der Waals surface area contributed by atoms with Gasteiger partial charge in [-0.3, -0.25) is 4.79 Å². The SMILES string of the molecule is C#Cc1cc(N)cc(CC(=O)OC(C)(C)C)c1. The van der Waals surface area contributed by atoms with Crippen molar-refractivity contribution in [3.05, 3.63) is 29.3 Å². The lowest BCUT2D eigenvalue weighted by Gasteiger charge is -2.19. The second-order valence-electron chi connectivity index (χ2n) is 4.87. The summed E-state index contributed by atoms with van der Waals surface area (Å²) >= 11 is 0. The zero-order chi connectivity index (χ0) is 13.1. The van der Waals surface area contributed by atoms with Crippen LogP contribution in [-0.4, -0.2) is 11.6 Å². The second-order valence-corrected chi connectivity index (χ2v) is 4.87. The summed E-state index contributed by atoms with van der Waals surface area (Å²) in [6.07, 6.45) is 5.48. The number of ether oxygens (including phenoxy) is 1. The first-order valence-electron chi connectivity index (χ1n) is 5.38. The van der Waals surface area contributed by atoms with Gasteiger partial charge in [-0.2, -0.15) is 0 Å². The van der Waals surface area contributed by atoms with Gasteiger partial charge in [0.15, 0.2) is 0 Å². The Morgan fingerprint density at radius 2 is 2.06 bits per heavy atom. The molecule has 0 spiro atoms. The van der Waals surface area contributed by atoms with Gasteiger partial charge >= 0.3 is 5.97 Å². The molecule has 0 unspecified atom stereocenters. The van der Waals surface area contributed by atoms with Crippen molar-refractivity contribution in [1.29, 1.82) is 0 Å². The molecular weight excluding hydrogens is 214 g/mol. The van der Waals surface area contributed by atoms with Crippen LogP contribution in [0, 0.1) is 12.3 Å². The van der Waals surface area contributed by atoms with Crippen molar-refractivity contribution in [3.63, 3.8) is 0 Å². The number of nitrogens with two attached hydrogens (primary N) is 1. The summed E-state index contributed by atoms with van der Waals surface area (Å²) in [6.45, 7) is 5.49. The molecule has 0 aliphatic carbocycles. The molecule has 17 heavy (non-hydrogen) atoms. The minimum Gasteiger partial charge on any atom is -0.460 e. The van der Waals surface area contributed by atoms with Crippen LogP contribution in [0.5, 0.6) is 0 Å². The second kappa shape index (κ2) is 4.92. The summed E-state index contributed by atoms with van der Waals surface area (Å²) in [7, 11) is 0. The van der Waals surface area contributed by atoms with Crippen molar-refractivity contribution in [3.8, 4) is 12.3 Å². The van der Waals surface area contributed by atoms with Crippen LogP contribution in [-0.2, 0) is 16.0 Å². The number of hydrogen-bond acceptors (Lipinski definition) is 3. The van der Waals surface area contributed by atoms with Gasteiger partial charge in [-0.1, -0.05) is 5.92 Å². The minimum absolute atomic E-state index is 0.178. The molecule has 3 heteroatoms. The molecule has 1 aromatic rings. The molecule has 0 atom stereocenters. The maximum absolute atomic E-state index is 11.6. The smallest absolute Gasteiger partial charge is 0.310 e. The fourth-order valence-corrected chi connectivity index (χ4v) is 1.45. The Morgan fingerprint density at radius 1 is 1.41 bits per heavy atom. The molecule has 1 rings (SSSR count). The van der Waals surface area contributed by atoms with Gasteiger partial charge in [-0.25, -0.2) is 0 Å². The number of nitrogen functional groups attached to an aromatic ring is 1. The first-order valence-corrected chi connectivity index (χ1v) is 5.38. The topological polar surface area (TPSA) is 52.3 Å². The number of terminal acetylenes is 1. The average molecular weight is 231 g/mol. The normalized spacial score (nSPS) is 10.7. The van der Waals surface area contributed by atoms with E-state index in [-0.39, 0.29) is 12.4 Å². The van der Waals surface area contributed by atoms with E-state index < -0.39 is 5.60 Å². The molecule has 0 aliphatic rings. The predicted octanol–water partition coefficient (Wildman–Crippen LogP) is 2.13. The summed E-state index contributed by atoms with van der Waals surface area (Å²) < 4.78 is 5.22. The van der Waals surface area contributed by atoms with Crippen molar-refractivity contribution in [1.82, 2.24) is 0 Å². The van der Waals surface area contributed by atoms with E-state index in [4.69, 9.17) is 16.9 Å². The molecule has 0 heterocycles.